The lowest BCUT2D eigenvalue weighted by atomic mass is 10.1. The van der Waals surface area contributed by atoms with Crippen molar-refractivity contribution in [1.82, 2.24) is 5.43 Å². The Bertz CT molecular complexity index is 812. The standard InChI is InChI=1S/C22H27N3O3/c1-17(18-10-12-19(13-11-18)25-14-6-3-7-15-25)23-24-22(26)16-28-21-9-5-4-8-20(21)27-2/h4-5,8-13H,3,6-7,14-16H2,1-2H3,(H,24,26)/b23-17-. The molecule has 28 heavy (non-hydrogen) atoms. The van der Waals surface area contributed by atoms with E-state index in [4.69, 9.17) is 9.47 Å². The number of carbonyl (C=O) groups is 1. The fourth-order valence-corrected chi connectivity index (χ4v) is 3.19. The molecule has 2 aromatic rings. The molecule has 6 nitrogen and oxygen atoms in total. The maximum absolute atomic E-state index is 12.0. The van der Waals surface area contributed by atoms with Crippen molar-refractivity contribution >= 4 is 17.3 Å². The van der Waals surface area contributed by atoms with Gasteiger partial charge in [0, 0.05) is 18.8 Å². The molecular formula is C22H27N3O3. The van der Waals surface area contributed by atoms with E-state index in [0.29, 0.717) is 11.5 Å². The predicted molar refractivity (Wildman–Crippen MR) is 111 cm³/mol. The zero-order valence-corrected chi connectivity index (χ0v) is 16.5. The van der Waals surface area contributed by atoms with Crippen LogP contribution in [-0.2, 0) is 4.79 Å². The molecule has 1 heterocycles. The molecule has 1 N–H and O–H groups in total. The number of rotatable bonds is 7. The van der Waals surface area contributed by atoms with E-state index >= 15 is 0 Å². The molecule has 1 amide bonds. The van der Waals surface area contributed by atoms with E-state index < -0.39 is 0 Å². The van der Waals surface area contributed by atoms with Crippen LogP contribution in [0.3, 0.4) is 0 Å². The number of hydrogen-bond acceptors (Lipinski definition) is 5. The van der Waals surface area contributed by atoms with E-state index in [9.17, 15) is 4.79 Å². The fraction of sp³-hybridized carbons (Fsp3) is 0.364. The molecular weight excluding hydrogens is 354 g/mol. The van der Waals surface area contributed by atoms with Gasteiger partial charge in [0.1, 0.15) is 0 Å². The summed E-state index contributed by atoms with van der Waals surface area (Å²) in [5, 5.41) is 4.18. The maximum atomic E-state index is 12.0. The highest BCUT2D eigenvalue weighted by Gasteiger charge is 2.11. The van der Waals surface area contributed by atoms with E-state index in [0.717, 1.165) is 24.4 Å². The number of hydrazone groups is 1. The first-order chi connectivity index (χ1) is 13.7. The van der Waals surface area contributed by atoms with E-state index in [2.05, 4.69) is 27.6 Å². The number of anilines is 1. The minimum atomic E-state index is -0.324. The van der Waals surface area contributed by atoms with Gasteiger partial charge in [0.25, 0.3) is 5.91 Å². The molecule has 1 fully saturated rings. The van der Waals surface area contributed by atoms with Gasteiger partial charge in [-0.2, -0.15) is 5.10 Å². The van der Waals surface area contributed by atoms with Crippen LogP contribution >= 0.6 is 0 Å². The van der Waals surface area contributed by atoms with Crippen LogP contribution in [0.25, 0.3) is 0 Å². The molecule has 0 aromatic heterocycles. The molecule has 6 heteroatoms. The van der Waals surface area contributed by atoms with Crippen molar-refractivity contribution < 1.29 is 14.3 Å². The maximum Gasteiger partial charge on any atom is 0.277 e. The number of hydrogen-bond donors (Lipinski definition) is 1. The number of nitrogens with one attached hydrogen (secondary N) is 1. The van der Waals surface area contributed by atoms with Crippen molar-refractivity contribution in [3.8, 4) is 11.5 Å². The number of ether oxygens (including phenoxy) is 2. The van der Waals surface area contributed by atoms with Gasteiger partial charge in [-0.15, -0.1) is 0 Å². The molecule has 0 bridgehead atoms. The topological polar surface area (TPSA) is 63.2 Å². The first-order valence-corrected chi connectivity index (χ1v) is 9.61. The van der Waals surface area contributed by atoms with Gasteiger partial charge in [0.15, 0.2) is 18.1 Å². The molecule has 1 saturated heterocycles. The first-order valence-electron chi connectivity index (χ1n) is 9.61. The zero-order valence-electron chi connectivity index (χ0n) is 16.5. The average Bonchev–Trinajstić information content (AvgIpc) is 2.77. The van der Waals surface area contributed by atoms with Crippen LogP contribution in [0, 0.1) is 0 Å². The normalized spacial score (nSPS) is 14.5. The lowest BCUT2D eigenvalue weighted by molar-refractivity contribution is -0.123. The minimum Gasteiger partial charge on any atom is -0.493 e. The Morgan fingerprint density at radius 1 is 1.04 bits per heavy atom. The van der Waals surface area contributed by atoms with Crippen LogP contribution in [0.4, 0.5) is 5.69 Å². The second-order valence-electron chi connectivity index (χ2n) is 6.77. The van der Waals surface area contributed by atoms with Gasteiger partial charge in [-0.3, -0.25) is 4.79 Å². The summed E-state index contributed by atoms with van der Waals surface area (Å²) in [5.74, 6) is 0.785. The molecule has 0 saturated carbocycles. The summed E-state index contributed by atoms with van der Waals surface area (Å²) >= 11 is 0. The van der Waals surface area contributed by atoms with E-state index in [-0.39, 0.29) is 12.5 Å². The Kier molecular flexibility index (Phi) is 6.89. The van der Waals surface area contributed by atoms with Crippen LogP contribution in [-0.4, -0.2) is 38.4 Å². The summed E-state index contributed by atoms with van der Waals surface area (Å²) in [7, 11) is 1.56. The third-order valence-electron chi connectivity index (χ3n) is 4.78. The number of carbonyl (C=O) groups excluding carboxylic acids is 1. The Balaban J connectivity index is 1.52. The molecule has 0 atom stereocenters. The second kappa shape index (κ2) is 9.78. The highest BCUT2D eigenvalue weighted by Crippen LogP contribution is 2.25. The predicted octanol–water partition coefficient (Wildman–Crippen LogP) is 3.60. The van der Waals surface area contributed by atoms with Crippen molar-refractivity contribution in [3.63, 3.8) is 0 Å². The third-order valence-corrected chi connectivity index (χ3v) is 4.78. The summed E-state index contributed by atoms with van der Waals surface area (Å²) in [6, 6.07) is 15.5. The monoisotopic (exact) mass is 381 g/mol. The Labute approximate surface area is 166 Å². The lowest BCUT2D eigenvalue weighted by Crippen LogP contribution is -2.29. The van der Waals surface area contributed by atoms with Gasteiger partial charge in [-0.25, -0.2) is 5.43 Å². The van der Waals surface area contributed by atoms with Gasteiger partial charge >= 0.3 is 0 Å². The van der Waals surface area contributed by atoms with Gasteiger partial charge in [0.05, 0.1) is 12.8 Å². The van der Waals surface area contributed by atoms with Crippen molar-refractivity contribution in [2.24, 2.45) is 5.10 Å². The van der Waals surface area contributed by atoms with Crippen LogP contribution in [0.2, 0.25) is 0 Å². The number of benzene rings is 2. The van der Waals surface area contributed by atoms with E-state index in [1.807, 2.05) is 31.2 Å². The molecule has 0 radical (unpaired) electrons. The van der Waals surface area contributed by atoms with E-state index in [1.54, 1.807) is 19.2 Å². The number of nitrogens with zero attached hydrogens (tertiary/aromatic N) is 2. The quantitative estimate of drug-likeness (QED) is 0.588. The molecule has 3 rings (SSSR count). The molecule has 148 valence electrons. The minimum absolute atomic E-state index is 0.134. The molecule has 1 aliphatic rings. The summed E-state index contributed by atoms with van der Waals surface area (Å²) in [5.41, 5.74) is 5.51. The van der Waals surface area contributed by atoms with Crippen molar-refractivity contribution in [1.29, 1.82) is 0 Å². The van der Waals surface area contributed by atoms with Crippen LogP contribution in [0.5, 0.6) is 11.5 Å². The van der Waals surface area contributed by atoms with Crippen molar-refractivity contribution in [2.75, 3.05) is 31.7 Å². The average molecular weight is 381 g/mol. The van der Waals surface area contributed by atoms with E-state index in [1.165, 1.54) is 24.9 Å². The molecule has 0 unspecified atom stereocenters. The first kappa shape index (κ1) is 19.7. The highest BCUT2D eigenvalue weighted by molar-refractivity contribution is 5.99. The number of piperidine rings is 1. The Morgan fingerprint density at radius 3 is 2.39 bits per heavy atom. The smallest absolute Gasteiger partial charge is 0.277 e. The van der Waals surface area contributed by atoms with Crippen molar-refractivity contribution in [3.05, 3.63) is 54.1 Å². The Hall–Kier alpha value is -3.02. The Morgan fingerprint density at radius 2 is 1.71 bits per heavy atom. The zero-order chi connectivity index (χ0) is 19.8. The number of methoxy groups -OCH3 is 1. The lowest BCUT2D eigenvalue weighted by Gasteiger charge is -2.28. The summed E-state index contributed by atoms with van der Waals surface area (Å²) in [6.45, 7) is 3.98. The molecule has 2 aromatic carbocycles. The fourth-order valence-electron chi connectivity index (χ4n) is 3.19. The third kappa shape index (κ3) is 5.25. The molecule has 0 aliphatic carbocycles. The second-order valence-corrected chi connectivity index (χ2v) is 6.77. The molecule has 1 aliphatic heterocycles. The summed E-state index contributed by atoms with van der Waals surface area (Å²) in [4.78, 5) is 14.4. The van der Waals surface area contributed by atoms with Crippen molar-refractivity contribution in [2.45, 2.75) is 26.2 Å². The van der Waals surface area contributed by atoms with Crippen LogP contribution in [0.15, 0.2) is 53.6 Å². The SMILES string of the molecule is COc1ccccc1OCC(=O)N/N=C(/C)c1ccc(N2CCCCC2)cc1. The summed E-state index contributed by atoms with van der Waals surface area (Å²) in [6.07, 6.45) is 3.83. The van der Waals surface area contributed by atoms with Crippen LogP contribution < -0.4 is 19.8 Å². The molecule has 0 spiro atoms. The largest absolute Gasteiger partial charge is 0.493 e. The number of para-hydroxylation sites is 2. The van der Waals surface area contributed by atoms with Gasteiger partial charge in [0.2, 0.25) is 0 Å². The van der Waals surface area contributed by atoms with Gasteiger partial charge in [-0.05, 0) is 56.0 Å². The van der Waals surface area contributed by atoms with Crippen LogP contribution in [0.1, 0.15) is 31.7 Å². The highest BCUT2D eigenvalue weighted by atomic mass is 16.5. The number of amides is 1. The summed E-state index contributed by atoms with van der Waals surface area (Å²) < 4.78 is 10.7. The van der Waals surface area contributed by atoms with Gasteiger partial charge < -0.3 is 14.4 Å². The van der Waals surface area contributed by atoms with Gasteiger partial charge in [-0.1, -0.05) is 24.3 Å².